The summed E-state index contributed by atoms with van der Waals surface area (Å²) in [5.41, 5.74) is 2.59. The van der Waals surface area contributed by atoms with Crippen LogP contribution in [-0.4, -0.2) is 74.1 Å². The Bertz CT molecular complexity index is 507. The minimum atomic E-state index is 0.0581. The Morgan fingerprint density at radius 1 is 1.12 bits per heavy atom. The van der Waals surface area contributed by atoms with Crippen molar-refractivity contribution >= 4 is 6.03 Å². The lowest BCUT2D eigenvalue weighted by Crippen LogP contribution is -2.52. The second-order valence-corrected chi connectivity index (χ2v) is 6.68. The van der Waals surface area contributed by atoms with E-state index in [2.05, 4.69) is 67.3 Å². The second-order valence-electron chi connectivity index (χ2n) is 6.68. The molecule has 1 unspecified atom stereocenters. The van der Waals surface area contributed by atoms with E-state index in [4.69, 9.17) is 0 Å². The first-order valence-corrected chi connectivity index (χ1v) is 9.05. The van der Waals surface area contributed by atoms with Gasteiger partial charge >= 0.3 is 6.03 Å². The Morgan fingerprint density at radius 2 is 1.75 bits per heavy atom. The van der Waals surface area contributed by atoms with E-state index in [9.17, 15) is 4.79 Å². The van der Waals surface area contributed by atoms with Crippen molar-refractivity contribution in [1.82, 2.24) is 20.0 Å². The summed E-state index contributed by atoms with van der Waals surface area (Å²) in [6, 6.07) is 8.96. The smallest absolute Gasteiger partial charge is 0.317 e. The SMILES string of the molecule is CCc1ccc(C(CNC(=O)N2CCN(CC)CC2)N(C)C)cc1. The van der Waals surface area contributed by atoms with Gasteiger partial charge in [-0.05, 0) is 38.2 Å². The van der Waals surface area contributed by atoms with Gasteiger partial charge in [0.15, 0.2) is 0 Å². The number of nitrogens with zero attached hydrogens (tertiary/aromatic N) is 3. The van der Waals surface area contributed by atoms with Gasteiger partial charge in [-0.3, -0.25) is 0 Å². The highest BCUT2D eigenvalue weighted by Crippen LogP contribution is 2.18. The van der Waals surface area contributed by atoms with Gasteiger partial charge in [0, 0.05) is 32.7 Å². The van der Waals surface area contributed by atoms with Gasteiger partial charge in [-0.25, -0.2) is 4.79 Å². The third-order valence-corrected chi connectivity index (χ3v) is 4.95. The van der Waals surface area contributed by atoms with E-state index in [1.54, 1.807) is 0 Å². The number of benzene rings is 1. The molecule has 1 aliphatic rings. The number of aryl methyl sites for hydroxylation is 1. The molecule has 2 amide bonds. The third kappa shape index (κ3) is 4.95. The fraction of sp³-hybridized carbons (Fsp3) is 0.632. The summed E-state index contributed by atoms with van der Waals surface area (Å²) >= 11 is 0. The molecule has 1 aromatic carbocycles. The van der Waals surface area contributed by atoms with Crippen molar-refractivity contribution in [1.29, 1.82) is 0 Å². The van der Waals surface area contributed by atoms with Crippen molar-refractivity contribution in [3.05, 3.63) is 35.4 Å². The molecule has 0 aliphatic carbocycles. The Balaban J connectivity index is 1.90. The standard InChI is InChI=1S/C19H32N4O/c1-5-16-7-9-17(10-8-16)18(21(3)4)15-20-19(24)23-13-11-22(6-2)12-14-23/h7-10,18H,5-6,11-15H2,1-4H3,(H,20,24). The Labute approximate surface area is 146 Å². The number of hydrogen-bond acceptors (Lipinski definition) is 3. The van der Waals surface area contributed by atoms with Crippen molar-refractivity contribution in [2.45, 2.75) is 26.3 Å². The van der Waals surface area contributed by atoms with Crippen LogP contribution in [0.15, 0.2) is 24.3 Å². The highest BCUT2D eigenvalue weighted by atomic mass is 16.2. The number of rotatable bonds is 6. The highest BCUT2D eigenvalue weighted by molar-refractivity contribution is 5.74. The summed E-state index contributed by atoms with van der Waals surface area (Å²) in [5.74, 6) is 0. The summed E-state index contributed by atoms with van der Waals surface area (Å²) in [5, 5.41) is 3.12. The average molecular weight is 332 g/mol. The Hall–Kier alpha value is -1.59. The lowest BCUT2D eigenvalue weighted by molar-refractivity contribution is 0.141. The molecule has 5 heteroatoms. The molecule has 1 N–H and O–H groups in total. The van der Waals surface area contributed by atoms with Crippen LogP contribution in [-0.2, 0) is 6.42 Å². The molecular weight excluding hydrogens is 300 g/mol. The molecule has 0 saturated carbocycles. The van der Waals surface area contributed by atoms with Gasteiger partial charge in [0.05, 0.1) is 6.04 Å². The topological polar surface area (TPSA) is 38.8 Å². The van der Waals surface area contributed by atoms with Crippen LogP contribution in [0.25, 0.3) is 0 Å². The largest absolute Gasteiger partial charge is 0.336 e. The van der Waals surface area contributed by atoms with E-state index in [0.717, 1.165) is 39.1 Å². The molecule has 0 bridgehead atoms. The molecule has 5 nitrogen and oxygen atoms in total. The molecule has 0 radical (unpaired) electrons. The maximum Gasteiger partial charge on any atom is 0.317 e. The van der Waals surface area contributed by atoms with E-state index < -0.39 is 0 Å². The quantitative estimate of drug-likeness (QED) is 0.868. The van der Waals surface area contributed by atoms with E-state index in [1.165, 1.54) is 11.1 Å². The lowest BCUT2D eigenvalue weighted by Gasteiger charge is -2.34. The van der Waals surface area contributed by atoms with Crippen molar-refractivity contribution < 1.29 is 4.79 Å². The zero-order chi connectivity index (χ0) is 17.5. The van der Waals surface area contributed by atoms with E-state index >= 15 is 0 Å². The monoisotopic (exact) mass is 332 g/mol. The zero-order valence-corrected chi connectivity index (χ0v) is 15.6. The van der Waals surface area contributed by atoms with Gasteiger partial charge < -0.3 is 20.0 Å². The zero-order valence-electron chi connectivity index (χ0n) is 15.6. The van der Waals surface area contributed by atoms with Crippen molar-refractivity contribution in [2.24, 2.45) is 0 Å². The summed E-state index contributed by atoms with van der Waals surface area (Å²) in [6.07, 6.45) is 1.05. The highest BCUT2D eigenvalue weighted by Gasteiger charge is 2.21. The molecule has 1 fully saturated rings. The molecule has 0 aromatic heterocycles. The number of amides is 2. The van der Waals surface area contributed by atoms with Crippen LogP contribution in [0, 0.1) is 0 Å². The minimum Gasteiger partial charge on any atom is -0.336 e. The number of hydrogen-bond donors (Lipinski definition) is 1. The van der Waals surface area contributed by atoms with Gasteiger partial charge in [0.2, 0.25) is 0 Å². The fourth-order valence-electron chi connectivity index (χ4n) is 3.14. The number of nitrogens with one attached hydrogen (secondary N) is 1. The first-order chi connectivity index (χ1) is 11.5. The van der Waals surface area contributed by atoms with Gasteiger partial charge in [-0.1, -0.05) is 38.1 Å². The van der Waals surface area contributed by atoms with Crippen LogP contribution in [0.3, 0.4) is 0 Å². The van der Waals surface area contributed by atoms with Crippen LogP contribution < -0.4 is 5.32 Å². The fourth-order valence-corrected chi connectivity index (χ4v) is 3.14. The predicted octanol–water partition coefficient (Wildman–Crippen LogP) is 2.20. The third-order valence-electron chi connectivity index (χ3n) is 4.95. The van der Waals surface area contributed by atoms with Crippen LogP contribution in [0.2, 0.25) is 0 Å². The first-order valence-electron chi connectivity index (χ1n) is 9.05. The van der Waals surface area contributed by atoms with Gasteiger partial charge in [-0.15, -0.1) is 0 Å². The van der Waals surface area contributed by atoms with Crippen LogP contribution in [0.1, 0.15) is 31.0 Å². The van der Waals surface area contributed by atoms with Gasteiger partial charge in [-0.2, -0.15) is 0 Å². The Kier molecular flexibility index (Phi) is 7.06. The number of piperazine rings is 1. The summed E-state index contributed by atoms with van der Waals surface area (Å²) < 4.78 is 0. The van der Waals surface area contributed by atoms with Crippen LogP contribution >= 0.6 is 0 Å². The number of urea groups is 1. The van der Waals surface area contributed by atoms with Gasteiger partial charge in [0.25, 0.3) is 0 Å². The van der Waals surface area contributed by atoms with E-state index in [1.807, 2.05) is 4.90 Å². The predicted molar refractivity (Wildman–Crippen MR) is 99.3 cm³/mol. The van der Waals surface area contributed by atoms with Crippen LogP contribution in [0.4, 0.5) is 4.79 Å². The summed E-state index contributed by atoms with van der Waals surface area (Å²) in [6.45, 7) is 9.60. The van der Waals surface area contributed by atoms with Crippen LogP contribution in [0.5, 0.6) is 0 Å². The van der Waals surface area contributed by atoms with E-state index in [0.29, 0.717) is 6.54 Å². The molecule has 1 aliphatic heterocycles. The maximum absolute atomic E-state index is 12.4. The van der Waals surface area contributed by atoms with Crippen molar-refractivity contribution in [3.63, 3.8) is 0 Å². The minimum absolute atomic E-state index is 0.0581. The lowest BCUT2D eigenvalue weighted by atomic mass is 10.0. The summed E-state index contributed by atoms with van der Waals surface area (Å²) in [7, 11) is 4.12. The molecule has 1 aromatic rings. The number of carbonyl (C=O) groups excluding carboxylic acids is 1. The normalized spacial score (nSPS) is 17.1. The van der Waals surface area contributed by atoms with Gasteiger partial charge in [0.1, 0.15) is 0 Å². The molecule has 1 heterocycles. The maximum atomic E-state index is 12.4. The number of carbonyl (C=O) groups is 1. The van der Waals surface area contributed by atoms with E-state index in [-0.39, 0.29) is 12.1 Å². The molecule has 1 atom stereocenters. The second kappa shape index (κ2) is 9.04. The number of likely N-dealkylation sites (N-methyl/N-ethyl adjacent to an activating group) is 2. The summed E-state index contributed by atoms with van der Waals surface area (Å²) in [4.78, 5) is 18.9. The van der Waals surface area contributed by atoms with Crippen molar-refractivity contribution in [2.75, 3.05) is 53.4 Å². The average Bonchev–Trinajstić information content (AvgIpc) is 2.62. The molecule has 1 saturated heterocycles. The Morgan fingerprint density at radius 3 is 2.25 bits per heavy atom. The molecule has 0 spiro atoms. The first kappa shape index (κ1) is 18.7. The molecule has 2 rings (SSSR count). The van der Waals surface area contributed by atoms with Crippen molar-refractivity contribution in [3.8, 4) is 0 Å². The molecule has 134 valence electrons. The molecular formula is C19H32N4O. The molecule has 24 heavy (non-hydrogen) atoms.